The molecule has 1 aromatic rings. The van der Waals surface area contributed by atoms with E-state index in [1.165, 1.54) is 34.6 Å². The number of hydrogen-bond donors (Lipinski definition) is 1. The van der Waals surface area contributed by atoms with E-state index >= 15 is 0 Å². The van der Waals surface area contributed by atoms with Gasteiger partial charge < -0.3 is 5.32 Å². The molecular formula is C15H27NS. The fraction of sp³-hybridized carbons (Fsp3) is 0.733. The van der Waals surface area contributed by atoms with E-state index in [-0.39, 0.29) is 0 Å². The SMILES string of the molecule is CCCNC(c1cc(C)sc1C)C(C)CCC. The molecule has 1 N–H and O–H groups in total. The van der Waals surface area contributed by atoms with Gasteiger partial charge in [-0.25, -0.2) is 0 Å². The van der Waals surface area contributed by atoms with Gasteiger partial charge in [-0.1, -0.05) is 27.2 Å². The Kier molecular flexibility index (Phi) is 6.21. The smallest absolute Gasteiger partial charge is 0.0357 e. The standard InChI is InChI=1S/C15H27NS/c1-6-8-11(3)15(16-9-7-2)14-10-12(4)17-13(14)5/h10-11,15-16H,6-9H2,1-5H3. The lowest BCUT2D eigenvalue weighted by molar-refractivity contribution is 0.363. The highest BCUT2D eigenvalue weighted by molar-refractivity contribution is 7.12. The minimum Gasteiger partial charge on any atom is -0.310 e. The van der Waals surface area contributed by atoms with Crippen LogP contribution in [-0.2, 0) is 0 Å². The fourth-order valence-corrected chi connectivity index (χ4v) is 3.47. The van der Waals surface area contributed by atoms with Crippen LogP contribution in [0, 0.1) is 19.8 Å². The van der Waals surface area contributed by atoms with Crippen molar-refractivity contribution in [2.45, 2.75) is 59.9 Å². The van der Waals surface area contributed by atoms with E-state index in [2.05, 4.69) is 46.0 Å². The van der Waals surface area contributed by atoms with Gasteiger partial charge in [-0.05, 0) is 50.8 Å². The fourth-order valence-electron chi connectivity index (χ4n) is 2.50. The van der Waals surface area contributed by atoms with Crippen LogP contribution in [0.25, 0.3) is 0 Å². The Balaban J connectivity index is 2.84. The Hall–Kier alpha value is -0.340. The summed E-state index contributed by atoms with van der Waals surface area (Å²) >= 11 is 1.93. The highest BCUT2D eigenvalue weighted by atomic mass is 32.1. The van der Waals surface area contributed by atoms with Crippen molar-refractivity contribution in [3.05, 3.63) is 21.4 Å². The third-order valence-electron chi connectivity index (χ3n) is 3.34. The minimum atomic E-state index is 0.542. The Labute approximate surface area is 111 Å². The first-order valence-corrected chi connectivity index (χ1v) is 7.72. The summed E-state index contributed by atoms with van der Waals surface area (Å²) in [7, 11) is 0. The van der Waals surface area contributed by atoms with Crippen LogP contribution in [0.1, 0.15) is 61.4 Å². The second-order valence-electron chi connectivity index (χ2n) is 5.07. The molecule has 0 aliphatic carbocycles. The second kappa shape index (κ2) is 7.17. The predicted octanol–water partition coefficient (Wildman–Crippen LogP) is 4.84. The van der Waals surface area contributed by atoms with Crippen LogP contribution in [0.4, 0.5) is 0 Å². The Morgan fingerprint density at radius 2 is 1.94 bits per heavy atom. The Bertz CT molecular complexity index is 330. The molecule has 1 rings (SSSR count). The van der Waals surface area contributed by atoms with Gasteiger partial charge in [0.1, 0.15) is 0 Å². The first-order chi connectivity index (χ1) is 8.10. The summed E-state index contributed by atoms with van der Waals surface area (Å²) in [6.07, 6.45) is 3.78. The van der Waals surface area contributed by atoms with Gasteiger partial charge in [-0.3, -0.25) is 0 Å². The third-order valence-corrected chi connectivity index (χ3v) is 4.32. The summed E-state index contributed by atoms with van der Waals surface area (Å²) in [6, 6.07) is 2.92. The van der Waals surface area contributed by atoms with Gasteiger partial charge in [0.05, 0.1) is 0 Å². The lowest BCUT2D eigenvalue weighted by atomic mass is 9.91. The molecule has 1 aromatic heterocycles. The number of nitrogens with one attached hydrogen (secondary N) is 1. The van der Waals surface area contributed by atoms with E-state index in [4.69, 9.17) is 0 Å². The van der Waals surface area contributed by atoms with Gasteiger partial charge >= 0.3 is 0 Å². The molecule has 0 aliphatic heterocycles. The van der Waals surface area contributed by atoms with E-state index in [9.17, 15) is 0 Å². The largest absolute Gasteiger partial charge is 0.310 e. The van der Waals surface area contributed by atoms with E-state index in [0.29, 0.717) is 6.04 Å². The van der Waals surface area contributed by atoms with Crippen molar-refractivity contribution in [3.63, 3.8) is 0 Å². The second-order valence-corrected chi connectivity index (χ2v) is 6.53. The van der Waals surface area contributed by atoms with Crippen LogP contribution in [0.2, 0.25) is 0 Å². The number of thiophene rings is 1. The maximum Gasteiger partial charge on any atom is 0.0357 e. The zero-order chi connectivity index (χ0) is 12.8. The zero-order valence-corrected chi connectivity index (χ0v) is 12.8. The summed E-state index contributed by atoms with van der Waals surface area (Å²) in [5, 5.41) is 3.73. The van der Waals surface area contributed by atoms with Crippen molar-refractivity contribution in [1.82, 2.24) is 5.32 Å². The van der Waals surface area contributed by atoms with Crippen molar-refractivity contribution in [1.29, 1.82) is 0 Å². The molecule has 0 aliphatic rings. The minimum absolute atomic E-state index is 0.542. The van der Waals surface area contributed by atoms with Crippen molar-refractivity contribution >= 4 is 11.3 Å². The number of aryl methyl sites for hydroxylation is 2. The third kappa shape index (κ3) is 4.11. The average Bonchev–Trinajstić information content (AvgIpc) is 2.59. The molecular weight excluding hydrogens is 226 g/mol. The molecule has 2 unspecified atom stereocenters. The van der Waals surface area contributed by atoms with E-state index in [0.717, 1.165) is 12.5 Å². The molecule has 0 spiro atoms. The quantitative estimate of drug-likeness (QED) is 0.733. The Morgan fingerprint density at radius 1 is 1.24 bits per heavy atom. The van der Waals surface area contributed by atoms with Gasteiger partial charge in [0.15, 0.2) is 0 Å². The summed E-state index contributed by atoms with van der Waals surface area (Å²) < 4.78 is 0. The van der Waals surface area contributed by atoms with Crippen LogP contribution in [-0.4, -0.2) is 6.54 Å². The van der Waals surface area contributed by atoms with E-state index in [1.54, 1.807) is 0 Å². The topological polar surface area (TPSA) is 12.0 Å². The van der Waals surface area contributed by atoms with Crippen molar-refractivity contribution in [3.8, 4) is 0 Å². The summed E-state index contributed by atoms with van der Waals surface area (Å²) in [5.41, 5.74) is 1.53. The lowest BCUT2D eigenvalue weighted by Gasteiger charge is -2.25. The average molecular weight is 253 g/mol. The van der Waals surface area contributed by atoms with E-state index in [1.807, 2.05) is 11.3 Å². The van der Waals surface area contributed by atoms with Gasteiger partial charge in [0.2, 0.25) is 0 Å². The first-order valence-electron chi connectivity index (χ1n) is 6.90. The molecule has 1 heterocycles. The van der Waals surface area contributed by atoms with Gasteiger partial charge in [-0.2, -0.15) is 0 Å². The van der Waals surface area contributed by atoms with Crippen LogP contribution in [0.15, 0.2) is 6.07 Å². The summed E-state index contributed by atoms with van der Waals surface area (Å²) in [5.74, 6) is 0.722. The van der Waals surface area contributed by atoms with Gasteiger partial charge in [-0.15, -0.1) is 11.3 Å². The monoisotopic (exact) mass is 253 g/mol. The lowest BCUT2D eigenvalue weighted by Crippen LogP contribution is -2.27. The van der Waals surface area contributed by atoms with Crippen LogP contribution in [0.3, 0.4) is 0 Å². The molecule has 0 bridgehead atoms. The highest BCUT2D eigenvalue weighted by Crippen LogP contribution is 2.32. The molecule has 98 valence electrons. The van der Waals surface area contributed by atoms with E-state index < -0.39 is 0 Å². The molecule has 0 saturated heterocycles. The molecule has 0 saturated carbocycles. The number of hydrogen-bond acceptors (Lipinski definition) is 2. The van der Waals surface area contributed by atoms with Crippen LogP contribution >= 0.6 is 11.3 Å². The maximum atomic E-state index is 3.73. The molecule has 1 nitrogen and oxygen atoms in total. The number of rotatable bonds is 7. The molecule has 2 heteroatoms. The van der Waals surface area contributed by atoms with Gasteiger partial charge in [0.25, 0.3) is 0 Å². The summed E-state index contributed by atoms with van der Waals surface area (Å²) in [4.78, 5) is 2.92. The molecule has 0 aromatic carbocycles. The molecule has 17 heavy (non-hydrogen) atoms. The van der Waals surface area contributed by atoms with Crippen LogP contribution < -0.4 is 5.32 Å². The Morgan fingerprint density at radius 3 is 2.41 bits per heavy atom. The molecule has 0 fully saturated rings. The normalized spacial score (nSPS) is 14.9. The summed E-state index contributed by atoms with van der Waals surface area (Å²) in [6.45, 7) is 12.5. The van der Waals surface area contributed by atoms with Crippen LogP contribution in [0.5, 0.6) is 0 Å². The molecule has 0 amide bonds. The van der Waals surface area contributed by atoms with Crippen molar-refractivity contribution < 1.29 is 0 Å². The zero-order valence-electron chi connectivity index (χ0n) is 12.0. The first kappa shape index (κ1) is 14.7. The molecule has 0 radical (unpaired) electrons. The predicted molar refractivity (Wildman–Crippen MR) is 78.9 cm³/mol. The molecule has 2 atom stereocenters. The highest BCUT2D eigenvalue weighted by Gasteiger charge is 2.20. The maximum absolute atomic E-state index is 3.73. The van der Waals surface area contributed by atoms with Crippen molar-refractivity contribution in [2.24, 2.45) is 5.92 Å². The van der Waals surface area contributed by atoms with Gasteiger partial charge in [0, 0.05) is 15.8 Å². The van der Waals surface area contributed by atoms with Crippen molar-refractivity contribution in [2.75, 3.05) is 6.54 Å².